The van der Waals surface area contributed by atoms with Gasteiger partial charge in [0.15, 0.2) is 0 Å². The number of hydrogen-bond donors (Lipinski definition) is 0. The maximum atomic E-state index is 7.59. The van der Waals surface area contributed by atoms with E-state index in [9.17, 15) is 0 Å². The minimum absolute atomic E-state index is 0.133. The lowest BCUT2D eigenvalue weighted by Crippen LogP contribution is -2.59. The quantitative estimate of drug-likeness (QED) is 0.336. The normalized spacial score (nSPS) is 53.6. The van der Waals surface area contributed by atoms with Crippen molar-refractivity contribution in [2.75, 3.05) is 0 Å². The lowest BCUT2D eigenvalue weighted by atomic mass is 9.47. The second-order valence-electron chi connectivity index (χ2n) is 9.49. The Morgan fingerprint density at radius 3 is 2.62 bits per heavy atom. The molecule has 7 atom stereocenters. The van der Waals surface area contributed by atoms with Crippen LogP contribution in [0.1, 0.15) is 72.6 Å². The lowest BCUT2D eigenvalue weighted by molar-refractivity contribution is -0.0205. The van der Waals surface area contributed by atoms with Gasteiger partial charge in [0.2, 0.25) is 0 Å². The Kier molecular flexibility index (Phi) is 4.02. The van der Waals surface area contributed by atoms with Crippen LogP contribution in [-0.2, 0) is 0 Å². The van der Waals surface area contributed by atoms with Gasteiger partial charge in [0, 0.05) is 10.4 Å². The first-order valence-electron chi connectivity index (χ1n) is 10.0. The van der Waals surface area contributed by atoms with Crippen LogP contribution in [0.3, 0.4) is 0 Å². The third-order valence-electron chi connectivity index (χ3n) is 8.88. The highest BCUT2D eigenvalue weighted by Crippen LogP contribution is 2.72. The second kappa shape index (κ2) is 5.53. The Morgan fingerprint density at radius 1 is 1.17 bits per heavy atom. The van der Waals surface area contributed by atoms with Crippen LogP contribution in [0.2, 0.25) is 0 Å². The first-order chi connectivity index (χ1) is 11.3. The zero-order valence-electron chi connectivity index (χ0n) is 15.7. The van der Waals surface area contributed by atoms with Crippen LogP contribution < -0.4 is 0 Å². The predicted molar refractivity (Wildman–Crippen MR) is 104 cm³/mol. The van der Waals surface area contributed by atoms with Crippen molar-refractivity contribution in [3.8, 4) is 0 Å². The van der Waals surface area contributed by atoms with E-state index in [2.05, 4.69) is 39.8 Å². The van der Waals surface area contributed by atoms with Crippen LogP contribution in [0.25, 0.3) is 0 Å². The molecule has 0 spiro atoms. The number of halogens is 2. The van der Waals surface area contributed by atoms with E-state index in [1.807, 2.05) is 0 Å². The number of alkyl halides is 1. The Balaban J connectivity index is 1.78. The maximum Gasteiger partial charge on any atom is 0.0617 e. The first-order valence-corrected chi connectivity index (χ1v) is 10.8. The fourth-order valence-corrected chi connectivity index (χ4v) is 8.63. The molecular formula is C22H32Cl2. The van der Waals surface area contributed by atoms with Gasteiger partial charge in [-0.2, -0.15) is 0 Å². The molecule has 0 nitrogen and oxygen atoms in total. The van der Waals surface area contributed by atoms with Crippen LogP contribution in [0.4, 0.5) is 0 Å². The number of rotatable bonds is 1. The molecule has 24 heavy (non-hydrogen) atoms. The Hall–Kier alpha value is 0.0600. The van der Waals surface area contributed by atoms with Crippen LogP contribution in [0.15, 0.2) is 22.8 Å². The molecule has 3 fully saturated rings. The molecule has 3 saturated carbocycles. The van der Waals surface area contributed by atoms with Crippen LogP contribution >= 0.6 is 23.2 Å². The molecule has 0 unspecified atom stereocenters. The Morgan fingerprint density at radius 2 is 1.92 bits per heavy atom. The van der Waals surface area contributed by atoms with Gasteiger partial charge in [0.25, 0.3) is 0 Å². The molecule has 0 heterocycles. The molecule has 0 saturated heterocycles. The number of allylic oxidation sites excluding steroid dienone is 4. The summed E-state index contributed by atoms with van der Waals surface area (Å²) in [4.78, 5) is -0.183. The van der Waals surface area contributed by atoms with Crippen LogP contribution in [0, 0.1) is 34.5 Å². The van der Waals surface area contributed by atoms with E-state index in [1.54, 1.807) is 0 Å². The monoisotopic (exact) mass is 366 g/mol. The number of hydrogen-bond acceptors (Lipinski definition) is 0. The minimum atomic E-state index is -0.183. The van der Waals surface area contributed by atoms with E-state index in [4.69, 9.17) is 23.2 Å². The van der Waals surface area contributed by atoms with E-state index in [1.165, 1.54) is 37.7 Å². The highest BCUT2D eigenvalue weighted by atomic mass is 35.5. The summed E-state index contributed by atoms with van der Waals surface area (Å²) >= 11 is 14.4. The van der Waals surface area contributed by atoms with Crippen molar-refractivity contribution in [1.29, 1.82) is 0 Å². The standard InChI is InChI=1S/C22H32Cl2/c1-5-16-14(2)13-18-17-10-9-15-7-6-8-19(23)21(15,4)22(17,24)12-11-20(16,18)3/h7-8,14,16-18H,5-6,9-13H2,1-4H3/t14-,16-,17+,18+,20-,21-,22-/m1/s1. The smallest absolute Gasteiger partial charge is 0.0617 e. The molecule has 4 aliphatic carbocycles. The predicted octanol–water partition coefficient (Wildman–Crippen LogP) is 7.32. The van der Waals surface area contributed by atoms with Gasteiger partial charge in [-0.3, -0.25) is 0 Å². The van der Waals surface area contributed by atoms with Gasteiger partial charge < -0.3 is 0 Å². The highest BCUT2D eigenvalue weighted by Gasteiger charge is 2.66. The topological polar surface area (TPSA) is 0 Å². The van der Waals surface area contributed by atoms with Crippen molar-refractivity contribution in [3.63, 3.8) is 0 Å². The average molecular weight is 367 g/mol. The molecule has 2 heteroatoms. The summed E-state index contributed by atoms with van der Waals surface area (Å²) in [6.45, 7) is 9.80. The molecular weight excluding hydrogens is 335 g/mol. The van der Waals surface area contributed by atoms with Crippen molar-refractivity contribution >= 4 is 23.2 Å². The van der Waals surface area contributed by atoms with E-state index in [-0.39, 0.29) is 10.3 Å². The van der Waals surface area contributed by atoms with Gasteiger partial charge in [0.1, 0.15) is 0 Å². The van der Waals surface area contributed by atoms with E-state index in [0.717, 1.165) is 35.6 Å². The summed E-state index contributed by atoms with van der Waals surface area (Å²) < 4.78 is 0. The van der Waals surface area contributed by atoms with Gasteiger partial charge in [-0.05, 0) is 74.5 Å². The zero-order valence-corrected chi connectivity index (χ0v) is 17.2. The molecule has 0 radical (unpaired) electrons. The summed E-state index contributed by atoms with van der Waals surface area (Å²) in [5.41, 5.74) is 1.87. The van der Waals surface area contributed by atoms with Crippen molar-refractivity contribution in [1.82, 2.24) is 0 Å². The molecule has 4 rings (SSSR count). The fourth-order valence-electron chi connectivity index (χ4n) is 7.62. The molecule has 0 bridgehead atoms. The van der Waals surface area contributed by atoms with Gasteiger partial charge >= 0.3 is 0 Å². The first kappa shape index (κ1) is 17.5. The van der Waals surface area contributed by atoms with Crippen molar-refractivity contribution in [2.24, 2.45) is 34.5 Å². The molecule has 4 aliphatic rings. The Labute approximate surface area is 158 Å². The molecule has 0 aromatic carbocycles. The highest BCUT2D eigenvalue weighted by molar-refractivity contribution is 6.33. The lowest BCUT2D eigenvalue weighted by Gasteiger charge is -2.62. The van der Waals surface area contributed by atoms with Crippen molar-refractivity contribution in [2.45, 2.75) is 77.5 Å². The van der Waals surface area contributed by atoms with Gasteiger partial charge in [0.05, 0.1) is 4.87 Å². The van der Waals surface area contributed by atoms with E-state index in [0.29, 0.717) is 11.3 Å². The largest absolute Gasteiger partial charge is 0.118 e. The molecule has 0 aromatic rings. The van der Waals surface area contributed by atoms with Crippen LogP contribution in [-0.4, -0.2) is 4.87 Å². The fraction of sp³-hybridized carbons (Fsp3) is 0.818. The van der Waals surface area contributed by atoms with Crippen molar-refractivity contribution < 1.29 is 0 Å². The minimum Gasteiger partial charge on any atom is -0.118 e. The molecule has 0 aromatic heterocycles. The molecule has 0 aliphatic heterocycles. The average Bonchev–Trinajstić information content (AvgIpc) is 2.80. The third kappa shape index (κ3) is 1.94. The van der Waals surface area contributed by atoms with E-state index < -0.39 is 0 Å². The number of fused-ring (bicyclic) bond motifs is 5. The summed E-state index contributed by atoms with van der Waals surface area (Å²) in [6, 6.07) is 0. The van der Waals surface area contributed by atoms with Gasteiger partial charge in [-0.1, -0.05) is 56.5 Å². The van der Waals surface area contributed by atoms with Gasteiger partial charge in [-0.25, -0.2) is 0 Å². The maximum absolute atomic E-state index is 7.59. The summed E-state index contributed by atoms with van der Waals surface area (Å²) in [5, 5.41) is 1.02. The zero-order chi connectivity index (χ0) is 17.3. The van der Waals surface area contributed by atoms with Crippen molar-refractivity contribution in [3.05, 3.63) is 22.8 Å². The van der Waals surface area contributed by atoms with E-state index >= 15 is 0 Å². The summed E-state index contributed by atoms with van der Waals surface area (Å²) in [7, 11) is 0. The summed E-state index contributed by atoms with van der Waals surface area (Å²) in [5.74, 6) is 3.09. The molecule has 0 amide bonds. The van der Waals surface area contributed by atoms with Gasteiger partial charge in [-0.15, -0.1) is 11.6 Å². The molecule has 134 valence electrons. The second-order valence-corrected chi connectivity index (χ2v) is 10.6. The summed E-state index contributed by atoms with van der Waals surface area (Å²) in [6.07, 6.45) is 13.1. The Bertz CT molecular complexity index is 605. The SMILES string of the molecule is CC[C@@H]1[C@H](C)C[C@H]2[C@@H]3CCC4=CCC=C(Cl)[C@]4(C)[C@@]3(Cl)CC[C@]12C. The third-order valence-corrected chi connectivity index (χ3v) is 10.3. The molecule has 0 N–H and O–H groups in total. The van der Waals surface area contributed by atoms with Crippen LogP contribution in [0.5, 0.6) is 0 Å².